The first-order valence-electron chi connectivity index (χ1n) is 11.0. The third kappa shape index (κ3) is 6.45. The number of para-hydroxylation sites is 1. The number of non-ortho nitro benzene ring substituents is 1. The minimum absolute atomic E-state index is 0.0695. The molecule has 0 atom stereocenters. The second kappa shape index (κ2) is 11.3. The van der Waals surface area contributed by atoms with Gasteiger partial charge in [0.1, 0.15) is 0 Å². The molecule has 2 N–H and O–H groups in total. The molecule has 4 rings (SSSR count). The molecule has 0 aliphatic carbocycles. The number of hydrogen-bond acceptors (Lipinski definition) is 7. The van der Waals surface area contributed by atoms with Crippen molar-refractivity contribution >= 4 is 34.7 Å². The van der Waals surface area contributed by atoms with Crippen LogP contribution in [0.3, 0.4) is 0 Å². The Balaban J connectivity index is 1.41. The number of carbonyl (C=O) groups excluding carboxylic acids is 1. The van der Waals surface area contributed by atoms with E-state index in [2.05, 4.69) is 20.8 Å². The van der Waals surface area contributed by atoms with Crippen molar-refractivity contribution in [3.63, 3.8) is 0 Å². The molecule has 3 aromatic carbocycles. The molecule has 1 heterocycles. The second-order valence-electron chi connectivity index (χ2n) is 7.74. The summed E-state index contributed by atoms with van der Waals surface area (Å²) >= 11 is 1.43. The zero-order valence-corrected chi connectivity index (χ0v) is 19.9. The maximum atomic E-state index is 12.4. The summed E-state index contributed by atoms with van der Waals surface area (Å²) in [5, 5.41) is 26.4. The number of aromatic nitrogens is 3. The molecule has 0 spiro atoms. The van der Waals surface area contributed by atoms with Crippen LogP contribution in [0.4, 0.5) is 17.1 Å². The van der Waals surface area contributed by atoms with E-state index in [4.69, 9.17) is 0 Å². The Morgan fingerprint density at radius 2 is 1.77 bits per heavy atom. The van der Waals surface area contributed by atoms with Crippen LogP contribution in [0.2, 0.25) is 0 Å². The number of amides is 1. The third-order valence-electron chi connectivity index (χ3n) is 5.12. The molecule has 0 fully saturated rings. The lowest BCUT2D eigenvalue weighted by atomic mass is 10.2. The fourth-order valence-electron chi connectivity index (χ4n) is 3.35. The van der Waals surface area contributed by atoms with Crippen LogP contribution >= 0.6 is 11.8 Å². The van der Waals surface area contributed by atoms with Crippen molar-refractivity contribution in [2.24, 2.45) is 0 Å². The number of nitro groups is 1. The highest BCUT2D eigenvalue weighted by Gasteiger charge is 2.15. The molecule has 10 heteroatoms. The summed E-state index contributed by atoms with van der Waals surface area (Å²) in [6.45, 7) is 2.53. The van der Waals surface area contributed by atoms with Gasteiger partial charge in [0.15, 0.2) is 11.0 Å². The fourth-order valence-corrected chi connectivity index (χ4v) is 4.26. The topological polar surface area (TPSA) is 115 Å². The smallest absolute Gasteiger partial charge is 0.271 e. The largest absolute Gasteiger partial charge is 0.378 e. The molecule has 178 valence electrons. The minimum Gasteiger partial charge on any atom is -0.378 e. The van der Waals surface area contributed by atoms with Crippen molar-refractivity contribution < 1.29 is 9.72 Å². The van der Waals surface area contributed by atoms with Gasteiger partial charge in [0.2, 0.25) is 5.91 Å². The van der Waals surface area contributed by atoms with E-state index in [0.717, 1.165) is 17.2 Å². The van der Waals surface area contributed by atoms with Gasteiger partial charge in [-0.3, -0.25) is 19.5 Å². The molecule has 35 heavy (non-hydrogen) atoms. The number of benzene rings is 3. The number of rotatable bonds is 10. The van der Waals surface area contributed by atoms with Crippen LogP contribution in [0.5, 0.6) is 0 Å². The van der Waals surface area contributed by atoms with Crippen molar-refractivity contribution in [2.45, 2.75) is 25.0 Å². The number of anilines is 2. The molecule has 0 saturated carbocycles. The highest BCUT2D eigenvalue weighted by atomic mass is 32.2. The Morgan fingerprint density at radius 1 is 1.00 bits per heavy atom. The van der Waals surface area contributed by atoms with Crippen molar-refractivity contribution in [3.05, 3.63) is 100 Å². The lowest BCUT2D eigenvalue weighted by molar-refractivity contribution is -0.384. The molecule has 0 aliphatic heterocycles. The highest BCUT2D eigenvalue weighted by Crippen LogP contribution is 2.24. The van der Waals surface area contributed by atoms with Gasteiger partial charge < -0.3 is 10.6 Å². The third-order valence-corrected chi connectivity index (χ3v) is 6.05. The van der Waals surface area contributed by atoms with Gasteiger partial charge in [0, 0.05) is 41.4 Å². The molecular weight excluding hydrogens is 464 g/mol. The summed E-state index contributed by atoms with van der Waals surface area (Å²) < 4.78 is 1.98. The van der Waals surface area contributed by atoms with Crippen LogP contribution in [0.15, 0.2) is 84.0 Å². The van der Waals surface area contributed by atoms with E-state index in [1.54, 1.807) is 6.07 Å². The Kier molecular flexibility index (Phi) is 7.74. The number of nitrogens with zero attached hydrogens (tertiary/aromatic N) is 4. The number of thioether (sulfide) groups is 1. The SMILES string of the molecule is Cc1ccc(NCc2nnc(SCCC(=O)Nc3cccc([N+](=O)[O-])c3)n2-c2ccccc2)cc1. The summed E-state index contributed by atoms with van der Waals surface area (Å²) in [5.41, 5.74) is 3.44. The molecular formula is C25H24N6O3S. The zero-order valence-electron chi connectivity index (χ0n) is 19.0. The quantitative estimate of drug-likeness (QED) is 0.179. The predicted molar refractivity (Wildman–Crippen MR) is 137 cm³/mol. The van der Waals surface area contributed by atoms with Gasteiger partial charge in [-0.25, -0.2) is 0 Å². The zero-order chi connectivity index (χ0) is 24.6. The van der Waals surface area contributed by atoms with Crippen LogP contribution in [0, 0.1) is 17.0 Å². The molecule has 0 saturated heterocycles. The fraction of sp³-hybridized carbons (Fsp3) is 0.160. The van der Waals surface area contributed by atoms with E-state index in [-0.39, 0.29) is 18.0 Å². The Morgan fingerprint density at radius 3 is 2.51 bits per heavy atom. The maximum Gasteiger partial charge on any atom is 0.271 e. The lowest BCUT2D eigenvalue weighted by Crippen LogP contribution is -2.12. The first-order chi connectivity index (χ1) is 17.0. The van der Waals surface area contributed by atoms with Gasteiger partial charge in [-0.15, -0.1) is 10.2 Å². The van der Waals surface area contributed by atoms with Crippen molar-refractivity contribution in [1.29, 1.82) is 0 Å². The van der Waals surface area contributed by atoms with Crippen molar-refractivity contribution in [1.82, 2.24) is 14.8 Å². The molecule has 9 nitrogen and oxygen atoms in total. The number of nitro benzene ring substituents is 1. The van der Waals surface area contributed by atoms with E-state index in [0.29, 0.717) is 23.1 Å². The summed E-state index contributed by atoms with van der Waals surface area (Å²) in [6, 6.07) is 23.8. The van der Waals surface area contributed by atoms with Gasteiger partial charge >= 0.3 is 0 Å². The average Bonchev–Trinajstić information content (AvgIpc) is 3.27. The van der Waals surface area contributed by atoms with E-state index in [1.165, 1.54) is 35.5 Å². The molecule has 0 radical (unpaired) electrons. The number of nitrogens with one attached hydrogen (secondary N) is 2. The summed E-state index contributed by atoms with van der Waals surface area (Å²) in [5.74, 6) is 0.988. The van der Waals surface area contributed by atoms with Crippen molar-refractivity contribution in [2.75, 3.05) is 16.4 Å². The van der Waals surface area contributed by atoms with Crippen LogP contribution in [0.1, 0.15) is 17.8 Å². The highest BCUT2D eigenvalue weighted by molar-refractivity contribution is 7.99. The summed E-state index contributed by atoms with van der Waals surface area (Å²) in [7, 11) is 0. The first-order valence-corrected chi connectivity index (χ1v) is 12.0. The molecule has 1 amide bonds. The van der Waals surface area contributed by atoms with E-state index >= 15 is 0 Å². The monoisotopic (exact) mass is 488 g/mol. The van der Waals surface area contributed by atoms with Gasteiger partial charge in [0.05, 0.1) is 11.5 Å². The predicted octanol–water partition coefficient (Wildman–Crippen LogP) is 5.22. The summed E-state index contributed by atoms with van der Waals surface area (Å²) in [6.07, 6.45) is 0.214. The maximum absolute atomic E-state index is 12.4. The van der Waals surface area contributed by atoms with Gasteiger partial charge in [0.25, 0.3) is 5.69 Å². The minimum atomic E-state index is -0.493. The standard InChI is InChI=1S/C25H24N6O3S/c1-18-10-12-19(13-11-18)26-17-23-28-29-25(30(23)21-7-3-2-4-8-21)35-15-14-24(32)27-20-6-5-9-22(16-20)31(33)34/h2-13,16,26H,14-15,17H2,1H3,(H,27,32). The van der Waals surface area contributed by atoms with E-state index < -0.39 is 4.92 Å². The van der Waals surface area contributed by atoms with Crippen LogP contribution in [-0.2, 0) is 11.3 Å². The molecule has 0 aliphatic rings. The molecule has 0 unspecified atom stereocenters. The first kappa shape index (κ1) is 24.0. The Hall–Kier alpha value is -4.18. The second-order valence-corrected chi connectivity index (χ2v) is 8.81. The number of hydrogen-bond donors (Lipinski definition) is 2. The van der Waals surface area contributed by atoms with Gasteiger partial charge in [-0.05, 0) is 37.3 Å². The molecule has 4 aromatic rings. The molecule has 0 bridgehead atoms. The number of aryl methyl sites for hydroxylation is 1. The normalized spacial score (nSPS) is 10.7. The van der Waals surface area contributed by atoms with Gasteiger partial charge in [-0.1, -0.05) is 53.7 Å². The van der Waals surface area contributed by atoms with Gasteiger partial charge in [-0.2, -0.15) is 0 Å². The van der Waals surface area contributed by atoms with Crippen LogP contribution < -0.4 is 10.6 Å². The Bertz CT molecular complexity index is 1310. The molecule has 1 aromatic heterocycles. The van der Waals surface area contributed by atoms with E-state index in [9.17, 15) is 14.9 Å². The van der Waals surface area contributed by atoms with Crippen LogP contribution in [0.25, 0.3) is 5.69 Å². The van der Waals surface area contributed by atoms with Crippen LogP contribution in [-0.4, -0.2) is 31.3 Å². The van der Waals surface area contributed by atoms with E-state index in [1.807, 2.05) is 66.1 Å². The lowest BCUT2D eigenvalue weighted by Gasteiger charge is -2.11. The number of carbonyl (C=O) groups is 1. The average molecular weight is 489 g/mol. The van der Waals surface area contributed by atoms with Crippen molar-refractivity contribution in [3.8, 4) is 5.69 Å². The Labute approximate surface area is 206 Å². The summed E-state index contributed by atoms with van der Waals surface area (Å²) in [4.78, 5) is 22.8.